The molecule has 154 valence electrons. The highest BCUT2D eigenvalue weighted by Crippen LogP contribution is 2.27. The van der Waals surface area contributed by atoms with E-state index in [1.165, 1.54) is 10.6 Å². The first kappa shape index (κ1) is 19.4. The zero-order chi connectivity index (χ0) is 20.7. The van der Waals surface area contributed by atoms with Crippen molar-refractivity contribution in [2.75, 3.05) is 13.1 Å². The quantitative estimate of drug-likeness (QED) is 0.720. The largest absolute Gasteiger partial charge is 0.342 e. The molecule has 9 heteroatoms. The number of piperidine rings is 1. The fourth-order valence-electron chi connectivity index (χ4n) is 4.15. The Hall–Kier alpha value is -2.97. The number of likely N-dealkylation sites (tertiary alicyclic amines) is 1. The Kier molecular flexibility index (Phi) is 4.97. The molecule has 3 aromatic heterocycles. The number of hydrogen-bond donors (Lipinski definition) is 1. The highest BCUT2D eigenvalue weighted by Gasteiger charge is 2.29. The third-order valence-electron chi connectivity index (χ3n) is 5.60. The number of carbonyl (C=O) groups is 1. The number of nitrogens with zero attached hydrogens (tertiary/aromatic N) is 6. The van der Waals surface area contributed by atoms with Crippen molar-refractivity contribution in [3.63, 3.8) is 0 Å². The lowest BCUT2D eigenvalue weighted by Crippen LogP contribution is -2.42. The molecule has 1 saturated heterocycles. The molecular formula is C20H27N7O2. The zero-order valence-electron chi connectivity index (χ0n) is 17.3. The first-order chi connectivity index (χ1) is 13.8. The number of hydrogen-bond acceptors (Lipinski definition) is 5. The summed E-state index contributed by atoms with van der Waals surface area (Å²) in [4.78, 5) is 35.9. The molecular weight excluding hydrogens is 370 g/mol. The second-order valence-electron chi connectivity index (χ2n) is 8.05. The van der Waals surface area contributed by atoms with Gasteiger partial charge in [-0.25, -0.2) is 19.2 Å². The molecule has 9 nitrogen and oxygen atoms in total. The van der Waals surface area contributed by atoms with E-state index in [0.29, 0.717) is 24.4 Å². The minimum Gasteiger partial charge on any atom is -0.342 e. The Morgan fingerprint density at radius 1 is 1.28 bits per heavy atom. The molecule has 0 radical (unpaired) electrons. The number of aromatic amines is 1. The number of fused-ring (bicyclic) bond motifs is 1. The molecule has 0 aliphatic carbocycles. The Labute approximate surface area is 168 Å². The average molecular weight is 397 g/mol. The van der Waals surface area contributed by atoms with Crippen LogP contribution in [0.1, 0.15) is 48.7 Å². The van der Waals surface area contributed by atoms with Gasteiger partial charge in [-0.1, -0.05) is 6.92 Å². The van der Waals surface area contributed by atoms with Crippen LogP contribution in [-0.4, -0.2) is 53.3 Å². The Balaban J connectivity index is 1.49. The van der Waals surface area contributed by atoms with Gasteiger partial charge in [-0.15, -0.1) is 0 Å². The van der Waals surface area contributed by atoms with E-state index in [4.69, 9.17) is 0 Å². The van der Waals surface area contributed by atoms with Crippen molar-refractivity contribution in [1.82, 2.24) is 34.3 Å². The van der Waals surface area contributed by atoms with E-state index in [2.05, 4.69) is 20.2 Å². The summed E-state index contributed by atoms with van der Waals surface area (Å²) in [6.45, 7) is 9.44. The zero-order valence-corrected chi connectivity index (χ0v) is 17.3. The van der Waals surface area contributed by atoms with Crippen LogP contribution in [0.25, 0.3) is 5.65 Å². The minimum atomic E-state index is -0.178. The van der Waals surface area contributed by atoms with Crippen LogP contribution < -0.4 is 5.56 Å². The maximum Gasteiger partial charge on any atom is 0.272 e. The lowest BCUT2D eigenvalue weighted by atomic mass is 9.94. The monoisotopic (exact) mass is 397 g/mol. The molecule has 1 amide bonds. The van der Waals surface area contributed by atoms with Crippen molar-refractivity contribution in [2.24, 2.45) is 5.92 Å². The van der Waals surface area contributed by atoms with Gasteiger partial charge >= 0.3 is 0 Å². The maximum atomic E-state index is 13.1. The molecule has 1 fully saturated rings. The summed E-state index contributed by atoms with van der Waals surface area (Å²) >= 11 is 0. The number of H-pyrrole nitrogens is 1. The van der Waals surface area contributed by atoms with E-state index >= 15 is 0 Å². The number of rotatable bonds is 4. The normalized spacial score (nSPS) is 18.3. The maximum absolute atomic E-state index is 13.1. The molecule has 1 aliphatic rings. The highest BCUT2D eigenvalue weighted by atomic mass is 16.2. The molecule has 4 heterocycles. The summed E-state index contributed by atoms with van der Waals surface area (Å²) < 4.78 is 3.28. The summed E-state index contributed by atoms with van der Waals surface area (Å²) in [6.07, 6.45) is 1.90. The van der Waals surface area contributed by atoms with Gasteiger partial charge in [-0.3, -0.25) is 14.7 Å². The van der Waals surface area contributed by atoms with Crippen molar-refractivity contribution < 1.29 is 4.79 Å². The molecule has 1 N–H and O–H groups in total. The number of aryl methyl sites for hydroxylation is 3. The molecule has 1 aliphatic heterocycles. The molecule has 4 rings (SSSR count). The predicted octanol–water partition coefficient (Wildman–Crippen LogP) is 1.58. The summed E-state index contributed by atoms with van der Waals surface area (Å²) in [5.74, 6) is 1.66. The van der Waals surface area contributed by atoms with E-state index in [9.17, 15) is 9.59 Å². The van der Waals surface area contributed by atoms with Crippen molar-refractivity contribution in [3.8, 4) is 0 Å². The standard InChI is InChI=1S/C20H27N7O2/c1-12(10-26-15(4)22-14(3)23-26)20(29)25-7-5-6-16(11-25)17-9-18-21-13(2)8-19(28)27(18)24-17/h8-9,12,16,24H,5-7,10-11H2,1-4H3. The van der Waals surface area contributed by atoms with Crippen molar-refractivity contribution in [2.45, 2.75) is 53.0 Å². The van der Waals surface area contributed by atoms with Crippen LogP contribution in [0.4, 0.5) is 0 Å². The molecule has 29 heavy (non-hydrogen) atoms. The van der Waals surface area contributed by atoms with E-state index in [1.54, 1.807) is 4.68 Å². The Bertz CT molecular complexity index is 1110. The molecule has 2 atom stereocenters. The molecule has 0 spiro atoms. The predicted molar refractivity (Wildman–Crippen MR) is 108 cm³/mol. The molecule has 0 aromatic carbocycles. The number of aromatic nitrogens is 6. The van der Waals surface area contributed by atoms with Crippen LogP contribution >= 0.6 is 0 Å². The summed E-state index contributed by atoms with van der Waals surface area (Å²) in [5.41, 5.74) is 2.16. The van der Waals surface area contributed by atoms with E-state index < -0.39 is 0 Å². The van der Waals surface area contributed by atoms with E-state index in [-0.39, 0.29) is 23.3 Å². The van der Waals surface area contributed by atoms with Crippen LogP contribution in [0.2, 0.25) is 0 Å². The fraction of sp³-hybridized carbons (Fsp3) is 0.550. The van der Waals surface area contributed by atoms with Crippen LogP contribution in [-0.2, 0) is 11.3 Å². The van der Waals surface area contributed by atoms with Crippen LogP contribution in [0.15, 0.2) is 16.9 Å². The van der Waals surface area contributed by atoms with Gasteiger partial charge in [-0.2, -0.15) is 5.10 Å². The third-order valence-corrected chi connectivity index (χ3v) is 5.60. The topological polar surface area (TPSA) is 101 Å². The van der Waals surface area contributed by atoms with Gasteiger partial charge in [0, 0.05) is 42.5 Å². The van der Waals surface area contributed by atoms with E-state index in [0.717, 1.165) is 36.7 Å². The van der Waals surface area contributed by atoms with Crippen LogP contribution in [0.5, 0.6) is 0 Å². The Morgan fingerprint density at radius 2 is 2.07 bits per heavy atom. The van der Waals surface area contributed by atoms with Gasteiger partial charge in [0.1, 0.15) is 11.6 Å². The smallest absolute Gasteiger partial charge is 0.272 e. The lowest BCUT2D eigenvalue weighted by Gasteiger charge is -2.34. The first-order valence-corrected chi connectivity index (χ1v) is 10.1. The fourth-order valence-corrected chi connectivity index (χ4v) is 4.15. The highest BCUT2D eigenvalue weighted by molar-refractivity contribution is 5.78. The van der Waals surface area contributed by atoms with Gasteiger partial charge in [0.25, 0.3) is 5.56 Å². The number of carbonyl (C=O) groups excluding carboxylic acids is 1. The molecule has 2 unspecified atom stereocenters. The van der Waals surface area contributed by atoms with Gasteiger partial charge in [0.05, 0.1) is 12.5 Å². The molecule has 0 bridgehead atoms. The minimum absolute atomic E-state index is 0.116. The second kappa shape index (κ2) is 7.46. The summed E-state index contributed by atoms with van der Waals surface area (Å²) in [5, 5.41) is 7.55. The van der Waals surface area contributed by atoms with Crippen LogP contribution in [0.3, 0.4) is 0 Å². The van der Waals surface area contributed by atoms with Crippen molar-refractivity contribution >= 4 is 11.6 Å². The van der Waals surface area contributed by atoms with Gasteiger partial charge in [-0.05, 0) is 33.6 Å². The average Bonchev–Trinajstić information content (AvgIpc) is 3.24. The third kappa shape index (κ3) is 3.81. The Morgan fingerprint density at radius 3 is 2.79 bits per heavy atom. The second-order valence-corrected chi connectivity index (χ2v) is 8.05. The van der Waals surface area contributed by atoms with E-state index in [1.807, 2.05) is 38.7 Å². The number of nitrogens with one attached hydrogen (secondary N) is 1. The van der Waals surface area contributed by atoms with Crippen molar-refractivity contribution in [1.29, 1.82) is 0 Å². The van der Waals surface area contributed by atoms with Gasteiger partial charge in [0.2, 0.25) is 5.91 Å². The summed E-state index contributed by atoms with van der Waals surface area (Å²) in [6, 6.07) is 3.44. The number of amides is 1. The SMILES string of the molecule is Cc1cc(=O)n2[nH]c(C3CCCN(C(=O)C(C)Cn4nc(C)nc4C)C3)cc2n1. The first-order valence-electron chi connectivity index (χ1n) is 10.1. The summed E-state index contributed by atoms with van der Waals surface area (Å²) in [7, 11) is 0. The molecule has 3 aromatic rings. The molecule has 0 saturated carbocycles. The van der Waals surface area contributed by atoms with Crippen molar-refractivity contribution in [3.05, 3.63) is 45.5 Å². The van der Waals surface area contributed by atoms with Gasteiger partial charge in [0.15, 0.2) is 5.65 Å². The lowest BCUT2D eigenvalue weighted by molar-refractivity contribution is -0.136. The van der Waals surface area contributed by atoms with Gasteiger partial charge < -0.3 is 4.90 Å². The van der Waals surface area contributed by atoms with Crippen LogP contribution in [0, 0.1) is 26.7 Å².